The van der Waals surface area contributed by atoms with E-state index >= 15 is 0 Å². The quantitative estimate of drug-likeness (QED) is 0.468. The summed E-state index contributed by atoms with van der Waals surface area (Å²) in [5, 5.41) is 5.44. The summed E-state index contributed by atoms with van der Waals surface area (Å²) in [6.45, 7) is 3.24. The normalized spacial score (nSPS) is 14.9. The van der Waals surface area contributed by atoms with Gasteiger partial charge >= 0.3 is 0 Å². The predicted octanol–water partition coefficient (Wildman–Crippen LogP) is 3.33. The first-order valence-corrected chi connectivity index (χ1v) is 11.0. The van der Waals surface area contributed by atoms with E-state index in [1.165, 1.54) is 0 Å². The fraction of sp³-hybridized carbons (Fsp3) is 0.200. The predicted molar refractivity (Wildman–Crippen MR) is 127 cm³/mol. The van der Waals surface area contributed by atoms with E-state index in [0.717, 1.165) is 65.0 Å². The lowest BCUT2D eigenvalue weighted by molar-refractivity contribution is 0.0666. The lowest BCUT2D eigenvalue weighted by atomic mass is 10.0. The molecule has 0 saturated carbocycles. The van der Waals surface area contributed by atoms with Crippen molar-refractivity contribution in [3.05, 3.63) is 73.1 Å². The van der Waals surface area contributed by atoms with Crippen LogP contribution in [-0.2, 0) is 0 Å². The lowest BCUT2D eigenvalue weighted by Gasteiger charge is -2.32. The highest BCUT2D eigenvalue weighted by molar-refractivity contribution is 6.02. The van der Waals surface area contributed by atoms with Gasteiger partial charge in [-0.15, -0.1) is 0 Å². The third kappa shape index (κ3) is 3.44. The average Bonchev–Trinajstić information content (AvgIpc) is 3.48. The Hall–Kier alpha value is -4.04. The molecule has 8 nitrogen and oxygen atoms in total. The van der Waals surface area contributed by atoms with Gasteiger partial charge in [-0.2, -0.15) is 5.10 Å². The number of carbonyl (C=O) groups excluding carboxylic acids is 1. The van der Waals surface area contributed by atoms with Crippen LogP contribution in [-0.4, -0.2) is 73.5 Å². The molecule has 1 saturated heterocycles. The van der Waals surface area contributed by atoms with Gasteiger partial charge in [-0.05, 0) is 36.9 Å². The van der Waals surface area contributed by atoms with E-state index < -0.39 is 0 Å². The highest BCUT2D eigenvalue weighted by Gasteiger charge is 2.23. The fourth-order valence-corrected chi connectivity index (χ4v) is 4.43. The Kier molecular flexibility index (Phi) is 4.66. The molecule has 1 amide bonds. The average molecular weight is 438 g/mol. The monoisotopic (exact) mass is 437 g/mol. The van der Waals surface area contributed by atoms with Gasteiger partial charge in [-0.1, -0.05) is 6.07 Å². The zero-order valence-electron chi connectivity index (χ0n) is 18.3. The molecule has 1 fully saturated rings. The van der Waals surface area contributed by atoms with Crippen LogP contribution in [0.4, 0.5) is 0 Å². The van der Waals surface area contributed by atoms with Crippen LogP contribution in [0.15, 0.2) is 67.5 Å². The smallest absolute Gasteiger partial charge is 0.257 e. The Balaban J connectivity index is 1.41. The van der Waals surface area contributed by atoms with E-state index in [2.05, 4.69) is 38.1 Å². The molecule has 0 radical (unpaired) electrons. The largest absolute Gasteiger partial charge is 0.346 e. The van der Waals surface area contributed by atoms with Gasteiger partial charge in [0.15, 0.2) is 0 Å². The Morgan fingerprint density at radius 2 is 1.88 bits per heavy atom. The molecule has 6 heterocycles. The molecule has 164 valence electrons. The summed E-state index contributed by atoms with van der Waals surface area (Å²) >= 11 is 0. The molecule has 0 atom stereocenters. The molecule has 0 aromatic carbocycles. The SMILES string of the molecule is CN1CCN(C(=O)c2cnn3ccc(-c4c[nH]c5ncc(-c6cccnc6)cc45)cc23)CC1. The zero-order valence-corrected chi connectivity index (χ0v) is 18.3. The van der Waals surface area contributed by atoms with Gasteiger partial charge in [0.05, 0.1) is 17.3 Å². The minimum atomic E-state index is 0.0368. The first-order valence-electron chi connectivity index (χ1n) is 11.0. The minimum Gasteiger partial charge on any atom is -0.346 e. The molecule has 0 bridgehead atoms. The van der Waals surface area contributed by atoms with Crippen molar-refractivity contribution in [1.29, 1.82) is 0 Å². The molecular formula is C25H23N7O. The summed E-state index contributed by atoms with van der Waals surface area (Å²) in [5.74, 6) is 0.0368. The molecular weight excluding hydrogens is 414 g/mol. The number of nitrogens with one attached hydrogen (secondary N) is 1. The van der Waals surface area contributed by atoms with Crippen LogP contribution >= 0.6 is 0 Å². The highest BCUT2D eigenvalue weighted by Crippen LogP contribution is 2.32. The van der Waals surface area contributed by atoms with Crippen molar-refractivity contribution < 1.29 is 4.79 Å². The van der Waals surface area contributed by atoms with E-state index in [0.29, 0.717) is 5.56 Å². The number of carbonyl (C=O) groups is 1. The summed E-state index contributed by atoms with van der Waals surface area (Å²) in [6.07, 6.45) is 11.0. The van der Waals surface area contributed by atoms with Crippen LogP contribution < -0.4 is 0 Å². The van der Waals surface area contributed by atoms with Gasteiger partial charge in [0.2, 0.25) is 0 Å². The van der Waals surface area contributed by atoms with Crippen LogP contribution in [0.5, 0.6) is 0 Å². The first kappa shape index (κ1) is 19.6. The molecule has 6 rings (SSSR count). The number of nitrogens with zero attached hydrogens (tertiary/aromatic N) is 6. The minimum absolute atomic E-state index is 0.0368. The Morgan fingerprint density at radius 3 is 2.70 bits per heavy atom. The molecule has 5 aromatic heterocycles. The van der Waals surface area contributed by atoms with Crippen molar-refractivity contribution >= 4 is 22.5 Å². The van der Waals surface area contributed by atoms with Gasteiger partial charge in [-0.25, -0.2) is 9.50 Å². The molecule has 0 spiro atoms. The number of piperazine rings is 1. The van der Waals surface area contributed by atoms with Crippen molar-refractivity contribution in [3.8, 4) is 22.3 Å². The number of aromatic nitrogens is 5. The maximum Gasteiger partial charge on any atom is 0.257 e. The zero-order chi connectivity index (χ0) is 22.4. The molecule has 8 heteroatoms. The number of hydrogen-bond donors (Lipinski definition) is 1. The number of amides is 1. The van der Waals surface area contributed by atoms with E-state index in [4.69, 9.17) is 0 Å². The molecule has 0 aliphatic carbocycles. The molecule has 33 heavy (non-hydrogen) atoms. The number of rotatable bonds is 3. The third-order valence-corrected chi connectivity index (χ3v) is 6.38. The van der Waals surface area contributed by atoms with Crippen molar-refractivity contribution in [2.75, 3.05) is 33.2 Å². The number of pyridine rings is 3. The van der Waals surface area contributed by atoms with Gasteiger partial charge in [-0.3, -0.25) is 9.78 Å². The Morgan fingerprint density at radius 1 is 1.00 bits per heavy atom. The summed E-state index contributed by atoms with van der Waals surface area (Å²) in [6, 6.07) is 10.1. The second-order valence-corrected chi connectivity index (χ2v) is 8.46. The van der Waals surface area contributed by atoms with Crippen molar-refractivity contribution in [2.45, 2.75) is 0 Å². The number of likely N-dealkylation sites (N-methyl/N-ethyl adjacent to an activating group) is 1. The molecule has 1 aliphatic rings. The lowest BCUT2D eigenvalue weighted by Crippen LogP contribution is -2.47. The summed E-state index contributed by atoms with van der Waals surface area (Å²) in [7, 11) is 2.08. The third-order valence-electron chi connectivity index (χ3n) is 6.38. The second-order valence-electron chi connectivity index (χ2n) is 8.46. The van der Waals surface area contributed by atoms with E-state index in [-0.39, 0.29) is 5.91 Å². The summed E-state index contributed by atoms with van der Waals surface area (Å²) < 4.78 is 1.76. The van der Waals surface area contributed by atoms with E-state index in [1.807, 2.05) is 54.0 Å². The number of H-pyrrole nitrogens is 1. The van der Waals surface area contributed by atoms with Crippen molar-refractivity contribution in [1.82, 2.24) is 34.4 Å². The van der Waals surface area contributed by atoms with Crippen LogP contribution in [0.1, 0.15) is 10.4 Å². The van der Waals surface area contributed by atoms with Gasteiger partial charge in [0.25, 0.3) is 5.91 Å². The van der Waals surface area contributed by atoms with E-state index in [9.17, 15) is 4.79 Å². The van der Waals surface area contributed by atoms with Crippen LogP contribution in [0.3, 0.4) is 0 Å². The van der Waals surface area contributed by atoms with Crippen LogP contribution in [0.2, 0.25) is 0 Å². The van der Waals surface area contributed by atoms with Crippen molar-refractivity contribution in [3.63, 3.8) is 0 Å². The summed E-state index contributed by atoms with van der Waals surface area (Å²) in [5.41, 5.74) is 6.33. The van der Waals surface area contributed by atoms with Gasteiger partial charge in [0.1, 0.15) is 5.65 Å². The number of hydrogen-bond acceptors (Lipinski definition) is 5. The topological polar surface area (TPSA) is 82.4 Å². The van der Waals surface area contributed by atoms with E-state index in [1.54, 1.807) is 16.9 Å². The van der Waals surface area contributed by atoms with Gasteiger partial charge in [0, 0.05) is 79.2 Å². The molecule has 5 aromatic rings. The summed E-state index contributed by atoms with van der Waals surface area (Å²) in [4.78, 5) is 29.5. The Labute approximate surface area is 190 Å². The number of fused-ring (bicyclic) bond motifs is 2. The van der Waals surface area contributed by atoms with Crippen LogP contribution in [0, 0.1) is 0 Å². The Bertz CT molecular complexity index is 1460. The number of aromatic amines is 1. The van der Waals surface area contributed by atoms with Crippen molar-refractivity contribution in [2.24, 2.45) is 0 Å². The standard InChI is InChI=1S/C25H23N7O/c1-30-7-9-31(10-8-30)25(33)22-16-29-32-6-4-17(12-23(22)32)21-15-28-24-20(21)11-19(14-27-24)18-3-2-5-26-13-18/h2-6,11-16H,7-10H2,1H3,(H,27,28). The maximum absolute atomic E-state index is 13.2. The highest BCUT2D eigenvalue weighted by atomic mass is 16.2. The first-order chi connectivity index (χ1) is 16.2. The molecule has 1 aliphatic heterocycles. The fourth-order valence-electron chi connectivity index (χ4n) is 4.43. The molecule has 0 unspecified atom stereocenters. The van der Waals surface area contributed by atoms with Gasteiger partial charge < -0.3 is 14.8 Å². The van der Waals surface area contributed by atoms with Crippen LogP contribution in [0.25, 0.3) is 38.8 Å². The maximum atomic E-state index is 13.2. The molecule has 1 N–H and O–H groups in total. The second kappa shape index (κ2) is 7.83.